The Morgan fingerprint density at radius 2 is 1.77 bits per heavy atom. The summed E-state index contributed by atoms with van der Waals surface area (Å²) in [7, 11) is 0. The number of para-hydroxylation sites is 2. The first-order chi connectivity index (χ1) is 17.0. The van der Waals surface area contributed by atoms with Crippen molar-refractivity contribution in [3.63, 3.8) is 0 Å². The van der Waals surface area contributed by atoms with Gasteiger partial charge in [0.05, 0.1) is 13.2 Å². The molecule has 1 aliphatic heterocycles. The summed E-state index contributed by atoms with van der Waals surface area (Å²) in [6.07, 6.45) is -0.623. The Hall–Kier alpha value is -3.72. The number of aryl methyl sites for hydroxylation is 1. The second-order valence-electron chi connectivity index (χ2n) is 8.31. The lowest BCUT2D eigenvalue weighted by Gasteiger charge is -2.30. The minimum atomic E-state index is -0.981. The van der Waals surface area contributed by atoms with Crippen LogP contribution in [-0.2, 0) is 20.7 Å². The maximum absolute atomic E-state index is 13.1. The van der Waals surface area contributed by atoms with Crippen LogP contribution < -0.4 is 5.32 Å². The van der Waals surface area contributed by atoms with Crippen LogP contribution in [0.5, 0.6) is 0 Å². The monoisotopic (exact) mass is 479 g/mol. The van der Waals surface area contributed by atoms with Gasteiger partial charge in [0, 0.05) is 13.1 Å². The Morgan fingerprint density at radius 3 is 2.49 bits per heavy atom. The highest BCUT2D eigenvalue weighted by Gasteiger charge is 2.31. The number of hydrogen-bond acceptors (Lipinski definition) is 7. The van der Waals surface area contributed by atoms with Gasteiger partial charge in [0.2, 0.25) is 5.78 Å². The Balaban J connectivity index is 1.42. The molecule has 35 heavy (non-hydrogen) atoms. The third kappa shape index (κ3) is 6.24. The van der Waals surface area contributed by atoms with E-state index in [4.69, 9.17) is 13.9 Å². The molecule has 2 heterocycles. The van der Waals surface area contributed by atoms with Gasteiger partial charge >= 0.3 is 6.09 Å². The number of hydrogen-bond donors (Lipinski definition) is 1. The SMILES string of the molecule is CC[C@H](NC(=O)O[C@@H](CCc1ccccc1)C(=O)N1CCOCC1)C(=O)c1nc2ccccc2o1. The van der Waals surface area contributed by atoms with Crippen LogP contribution in [0.3, 0.4) is 0 Å². The lowest BCUT2D eigenvalue weighted by molar-refractivity contribution is -0.144. The number of carbonyl (C=O) groups excluding carboxylic acids is 3. The van der Waals surface area contributed by atoms with E-state index in [1.54, 1.807) is 36.1 Å². The quantitative estimate of drug-likeness (QED) is 0.469. The van der Waals surface area contributed by atoms with Crippen molar-refractivity contribution in [2.75, 3.05) is 26.3 Å². The van der Waals surface area contributed by atoms with Crippen LogP contribution in [0, 0.1) is 0 Å². The molecule has 4 rings (SSSR count). The Kier molecular flexibility index (Phi) is 8.10. The molecule has 184 valence electrons. The van der Waals surface area contributed by atoms with Crippen molar-refractivity contribution in [3.8, 4) is 0 Å². The number of ether oxygens (including phenoxy) is 2. The van der Waals surface area contributed by atoms with Gasteiger partial charge in [-0.3, -0.25) is 9.59 Å². The molecule has 1 aromatic heterocycles. The normalized spacial score (nSPS) is 15.4. The zero-order valence-electron chi connectivity index (χ0n) is 19.6. The predicted octanol–water partition coefficient (Wildman–Crippen LogP) is 3.38. The number of aromatic nitrogens is 1. The van der Waals surface area contributed by atoms with E-state index >= 15 is 0 Å². The minimum Gasteiger partial charge on any atom is -0.436 e. The van der Waals surface area contributed by atoms with E-state index in [1.165, 1.54) is 0 Å². The Morgan fingerprint density at radius 1 is 1.06 bits per heavy atom. The summed E-state index contributed by atoms with van der Waals surface area (Å²) in [4.78, 5) is 44.7. The third-order valence-electron chi connectivity index (χ3n) is 5.91. The number of fused-ring (bicyclic) bond motifs is 1. The molecular formula is C26H29N3O6. The zero-order valence-corrected chi connectivity index (χ0v) is 19.6. The first-order valence-corrected chi connectivity index (χ1v) is 11.8. The molecule has 2 atom stereocenters. The molecule has 3 aromatic rings. The minimum absolute atomic E-state index is 0.0802. The van der Waals surface area contributed by atoms with E-state index < -0.39 is 24.0 Å². The summed E-state index contributed by atoms with van der Waals surface area (Å²) in [6.45, 7) is 3.54. The summed E-state index contributed by atoms with van der Waals surface area (Å²) < 4.78 is 16.5. The summed E-state index contributed by atoms with van der Waals surface area (Å²) in [5.74, 6) is -0.804. The van der Waals surface area contributed by atoms with E-state index in [9.17, 15) is 14.4 Å². The van der Waals surface area contributed by atoms with Crippen molar-refractivity contribution < 1.29 is 28.3 Å². The smallest absolute Gasteiger partial charge is 0.408 e. The second-order valence-corrected chi connectivity index (χ2v) is 8.31. The molecule has 1 fully saturated rings. The molecule has 0 aliphatic carbocycles. The van der Waals surface area contributed by atoms with Crippen molar-refractivity contribution in [2.24, 2.45) is 0 Å². The maximum Gasteiger partial charge on any atom is 0.408 e. The summed E-state index contributed by atoms with van der Waals surface area (Å²) in [5, 5.41) is 2.59. The number of Topliss-reactive ketones (excluding diaryl/α,β-unsaturated/α-hetero) is 1. The van der Waals surface area contributed by atoms with E-state index in [0.29, 0.717) is 56.7 Å². The fourth-order valence-corrected chi connectivity index (χ4v) is 3.95. The topological polar surface area (TPSA) is 111 Å². The molecule has 0 unspecified atom stereocenters. The van der Waals surface area contributed by atoms with Gasteiger partial charge in [-0.2, -0.15) is 0 Å². The Labute approximate surface area is 203 Å². The molecule has 2 amide bonds. The molecule has 1 saturated heterocycles. The molecule has 0 radical (unpaired) electrons. The highest BCUT2D eigenvalue weighted by Crippen LogP contribution is 2.17. The Bertz CT molecular complexity index is 1120. The number of oxazole rings is 1. The highest BCUT2D eigenvalue weighted by atomic mass is 16.6. The van der Waals surface area contributed by atoms with Crippen LogP contribution in [0.2, 0.25) is 0 Å². The second kappa shape index (κ2) is 11.6. The van der Waals surface area contributed by atoms with E-state index in [-0.39, 0.29) is 11.8 Å². The van der Waals surface area contributed by atoms with Crippen molar-refractivity contribution in [1.29, 1.82) is 0 Å². The van der Waals surface area contributed by atoms with Gasteiger partial charge in [0.15, 0.2) is 11.7 Å². The van der Waals surface area contributed by atoms with E-state index in [1.807, 2.05) is 30.3 Å². The lowest BCUT2D eigenvalue weighted by atomic mass is 10.1. The molecule has 0 spiro atoms. The van der Waals surface area contributed by atoms with Gasteiger partial charge in [-0.1, -0.05) is 49.4 Å². The van der Waals surface area contributed by atoms with Gasteiger partial charge in [-0.15, -0.1) is 0 Å². The van der Waals surface area contributed by atoms with Crippen molar-refractivity contribution in [2.45, 2.75) is 38.3 Å². The number of nitrogens with one attached hydrogen (secondary N) is 1. The van der Waals surface area contributed by atoms with Crippen molar-refractivity contribution in [3.05, 3.63) is 66.1 Å². The van der Waals surface area contributed by atoms with Gasteiger partial charge in [-0.05, 0) is 37.0 Å². The summed E-state index contributed by atoms with van der Waals surface area (Å²) in [6, 6.07) is 15.8. The molecule has 2 aromatic carbocycles. The number of amides is 2. The third-order valence-corrected chi connectivity index (χ3v) is 5.91. The number of ketones is 1. The molecule has 0 saturated carbocycles. The van der Waals surface area contributed by atoms with Gasteiger partial charge in [-0.25, -0.2) is 9.78 Å². The molecule has 1 aliphatic rings. The lowest BCUT2D eigenvalue weighted by Crippen LogP contribution is -2.49. The molecule has 1 N–H and O–H groups in total. The van der Waals surface area contributed by atoms with Crippen LogP contribution in [0.25, 0.3) is 11.1 Å². The van der Waals surface area contributed by atoms with Crippen LogP contribution in [-0.4, -0.2) is 66.1 Å². The number of carbonyl (C=O) groups is 3. The number of nitrogens with zero attached hydrogens (tertiary/aromatic N) is 2. The summed E-state index contributed by atoms with van der Waals surface area (Å²) in [5.41, 5.74) is 2.09. The van der Waals surface area contributed by atoms with Gasteiger partial charge in [0.1, 0.15) is 11.6 Å². The first-order valence-electron chi connectivity index (χ1n) is 11.8. The number of rotatable bonds is 9. The van der Waals surface area contributed by atoms with E-state index in [2.05, 4.69) is 10.3 Å². The van der Waals surface area contributed by atoms with Gasteiger partial charge < -0.3 is 24.1 Å². The van der Waals surface area contributed by atoms with Crippen LogP contribution in [0.4, 0.5) is 4.79 Å². The number of morpholine rings is 1. The predicted molar refractivity (Wildman–Crippen MR) is 128 cm³/mol. The average molecular weight is 480 g/mol. The van der Waals surface area contributed by atoms with Crippen LogP contribution >= 0.6 is 0 Å². The highest BCUT2D eigenvalue weighted by molar-refractivity contribution is 5.99. The molecule has 9 heteroatoms. The molecule has 0 bridgehead atoms. The maximum atomic E-state index is 13.1. The van der Waals surface area contributed by atoms with Crippen LogP contribution in [0.1, 0.15) is 36.0 Å². The molecular weight excluding hydrogens is 450 g/mol. The first kappa shape index (κ1) is 24.4. The number of alkyl carbamates (subject to hydrolysis) is 1. The van der Waals surface area contributed by atoms with Crippen molar-refractivity contribution in [1.82, 2.24) is 15.2 Å². The largest absolute Gasteiger partial charge is 0.436 e. The van der Waals surface area contributed by atoms with Crippen molar-refractivity contribution >= 4 is 28.9 Å². The molecule has 9 nitrogen and oxygen atoms in total. The number of benzene rings is 2. The standard InChI is InChI=1S/C26H29N3O6/c1-2-19(23(30)24-27-20-10-6-7-11-21(20)34-24)28-26(32)35-22(13-12-18-8-4-3-5-9-18)25(31)29-14-16-33-17-15-29/h3-11,19,22H,2,12-17H2,1H3,(H,28,32)/t19-,22-/m0/s1. The fourth-order valence-electron chi connectivity index (χ4n) is 3.95. The fraction of sp³-hybridized carbons (Fsp3) is 0.385. The average Bonchev–Trinajstić information content (AvgIpc) is 3.34. The zero-order chi connectivity index (χ0) is 24.6. The van der Waals surface area contributed by atoms with E-state index in [0.717, 1.165) is 5.56 Å². The van der Waals surface area contributed by atoms with Crippen LogP contribution in [0.15, 0.2) is 59.0 Å². The van der Waals surface area contributed by atoms with Gasteiger partial charge in [0.25, 0.3) is 11.8 Å². The summed E-state index contributed by atoms with van der Waals surface area (Å²) >= 11 is 0.